The molecule has 0 heterocycles. The molecular formula is C17H21N3S. The molecule has 2 rings (SSSR count). The second-order valence-corrected chi connectivity index (χ2v) is 5.42. The SMILES string of the molecule is CCN(NC(=S)Nc1cccc(C)c1)c1ccc(C)cc1. The Hall–Kier alpha value is -2.07. The molecule has 2 aromatic rings. The smallest absolute Gasteiger partial charge is 0.189 e. The third-order valence-corrected chi connectivity index (χ3v) is 3.37. The van der Waals surface area contributed by atoms with E-state index in [9.17, 15) is 0 Å². The molecule has 3 nitrogen and oxygen atoms in total. The lowest BCUT2D eigenvalue weighted by Crippen LogP contribution is -2.44. The minimum atomic E-state index is 0.586. The van der Waals surface area contributed by atoms with Crippen LogP contribution in [-0.4, -0.2) is 11.7 Å². The molecule has 0 bridgehead atoms. The van der Waals surface area contributed by atoms with Gasteiger partial charge in [0.25, 0.3) is 0 Å². The number of benzene rings is 2. The molecule has 0 aliphatic carbocycles. The first-order chi connectivity index (χ1) is 10.1. The standard InChI is InChI=1S/C17H21N3S/c1-4-20(16-10-8-13(2)9-11-16)19-17(21)18-15-7-5-6-14(3)12-15/h5-12H,4H2,1-3H3,(H2,18,19,21). The van der Waals surface area contributed by atoms with Gasteiger partial charge in [-0.2, -0.15) is 0 Å². The molecule has 0 saturated heterocycles. The maximum absolute atomic E-state index is 5.38. The molecule has 0 aliphatic heterocycles. The number of hydrazine groups is 1. The number of aryl methyl sites for hydroxylation is 2. The summed E-state index contributed by atoms with van der Waals surface area (Å²) >= 11 is 5.38. The average Bonchev–Trinajstić information content (AvgIpc) is 2.46. The Bertz CT molecular complexity index is 608. The van der Waals surface area contributed by atoms with Crippen molar-refractivity contribution in [3.05, 3.63) is 59.7 Å². The number of hydrogen-bond donors (Lipinski definition) is 2. The molecule has 4 heteroatoms. The molecule has 21 heavy (non-hydrogen) atoms. The van der Waals surface area contributed by atoms with Crippen molar-refractivity contribution in [3.8, 4) is 0 Å². The highest BCUT2D eigenvalue weighted by molar-refractivity contribution is 7.80. The van der Waals surface area contributed by atoms with Gasteiger partial charge in [-0.15, -0.1) is 0 Å². The first kappa shape index (κ1) is 15.3. The number of rotatable bonds is 4. The van der Waals surface area contributed by atoms with Crippen molar-refractivity contribution in [2.75, 3.05) is 16.9 Å². The van der Waals surface area contributed by atoms with Crippen LogP contribution in [0, 0.1) is 13.8 Å². The first-order valence-corrected chi connectivity index (χ1v) is 7.48. The predicted octanol–water partition coefficient (Wildman–Crippen LogP) is 4.03. The van der Waals surface area contributed by atoms with Gasteiger partial charge in [0.15, 0.2) is 5.11 Å². The van der Waals surface area contributed by atoms with Gasteiger partial charge in [0, 0.05) is 12.2 Å². The normalized spacial score (nSPS) is 10.0. The predicted molar refractivity (Wildman–Crippen MR) is 94.7 cm³/mol. The summed E-state index contributed by atoms with van der Waals surface area (Å²) in [6, 6.07) is 16.5. The van der Waals surface area contributed by atoms with Crippen LogP contribution in [0.4, 0.5) is 11.4 Å². The molecule has 0 spiro atoms. The minimum Gasteiger partial charge on any atom is -0.331 e. The lowest BCUT2D eigenvalue weighted by Gasteiger charge is -2.25. The minimum absolute atomic E-state index is 0.586. The number of thiocarbonyl (C=S) groups is 1. The molecule has 0 unspecified atom stereocenters. The average molecular weight is 299 g/mol. The van der Waals surface area contributed by atoms with Crippen molar-refractivity contribution in [1.29, 1.82) is 0 Å². The van der Waals surface area contributed by atoms with Crippen LogP contribution in [0.3, 0.4) is 0 Å². The van der Waals surface area contributed by atoms with Crippen molar-refractivity contribution >= 4 is 28.7 Å². The molecule has 2 aromatic carbocycles. The van der Waals surface area contributed by atoms with Crippen LogP contribution in [-0.2, 0) is 0 Å². The zero-order valence-corrected chi connectivity index (χ0v) is 13.5. The summed E-state index contributed by atoms with van der Waals surface area (Å²) in [5, 5.41) is 5.81. The number of nitrogens with zero attached hydrogens (tertiary/aromatic N) is 1. The molecule has 0 aliphatic rings. The third-order valence-electron chi connectivity index (χ3n) is 3.17. The van der Waals surface area contributed by atoms with Crippen LogP contribution >= 0.6 is 12.2 Å². The molecule has 110 valence electrons. The molecule has 0 aromatic heterocycles. The lowest BCUT2D eigenvalue weighted by atomic mass is 10.2. The van der Waals surface area contributed by atoms with Crippen LogP contribution in [0.2, 0.25) is 0 Å². The summed E-state index contributed by atoms with van der Waals surface area (Å²) in [6.45, 7) is 7.05. The summed E-state index contributed by atoms with van der Waals surface area (Å²) in [4.78, 5) is 0. The fourth-order valence-electron chi connectivity index (χ4n) is 2.06. The Labute approximate surface area is 132 Å². The maximum atomic E-state index is 5.38. The van der Waals surface area contributed by atoms with E-state index in [1.54, 1.807) is 0 Å². The van der Waals surface area contributed by atoms with Gasteiger partial charge in [0.1, 0.15) is 0 Å². The van der Waals surface area contributed by atoms with E-state index in [-0.39, 0.29) is 0 Å². The van der Waals surface area contributed by atoms with E-state index in [2.05, 4.69) is 67.9 Å². The van der Waals surface area contributed by atoms with Gasteiger partial charge in [0.2, 0.25) is 0 Å². The Morgan fingerprint density at radius 3 is 2.38 bits per heavy atom. The van der Waals surface area contributed by atoms with E-state index in [0.29, 0.717) is 5.11 Å². The van der Waals surface area contributed by atoms with Crippen molar-refractivity contribution in [2.24, 2.45) is 0 Å². The summed E-state index contributed by atoms with van der Waals surface area (Å²) < 4.78 is 0. The van der Waals surface area contributed by atoms with Crippen LogP contribution < -0.4 is 15.8 Å². The molecule has 0 radical (unpaired) electrons. The van der Waals surface area contributed by atoms with Gasteiger partial charge in [-0.1, -0.05) is 29.8 Å². The highest BCUT2D eigenvalue weighted by Crippen LogP contribution is 2.13. The van der Waals surface area contributed by atoms with Gasteiger partial charge < -0.3 is 5.32 Å². The summed E-state index contributed by atoms with van der Waals surface area (Å²) in [5.74, 6) is 0. The molecule has 0 amide bonds. The van der Waals surface area contributed by atoms with Gasteiger partial charge in [-0.3, -0.25) is 10.4 Å². The van der Waals surface area contributed by atoms with Gasteiger partial charge in [-0.25, -0.2) is 0 Å². The Kier molecular flexibility index (Phi) is 5.17. The highest BCUT2D eigenvalue weighted by atomic mass is 32.1. The molecular weight excluding hydrogens is 278 g/mol. The van der Waals surface area contributed by atoms with Crippen molar-refractivity contribution in [1.82, 2.24) is 5.43 Å². The quantitative estimate of drug-likeness (QED) is 0.658. The Morgan fingerprint density at radius 1 is 1.05 bits per heavy atom. The fraction of sp³-hybridized carbons (Fsp3) is 0.235. The zero-order chi connectivity index (χ0) is 15.2. The highest BCUT2D eigenvalue weighted by Gasteiger charge is 2.06. The fourth-order valence-corrected chi connectivity index (χ4v) is 2.28. The van der Waals surface area contributed by atoms with E-state index in [0.717, 1.165) is 17.9 Å². The topological polar surface area (TPSA) is 27.3 Å². The van der Waals surface area contributed by atoms with E-state index < -0.39 is 0 Å². The summed E-state index contributed by atoms with van der Waals surface area (Å²) in [6.07, 6.45) is 0. The first-order valence-electron chi connectivity index (χ1n) is 7.07. The molecule has 2 N–H and O–H groups in total. The van der Waals surface area contributed by atoms with Crippen LogP contribution in [0.15, 0.2) is 48.5 Å². The second-order valence-electron chi connectivity index (χ2n) is 5.02. The lowest BCUT2D eigenvalue weighted by molar-refractivity contribution is 0.800. The van der Waals surface area contributed by atoms with Crippen molar-refractivity contribution in [2.45, 2.75) is 20.8 Å². The molecule has 0 atom stereocenters. The Balaban J connectivity index is 2.01. The molecule has 0 saturated carbocycles. The second kappa shape index (κ2) is 7.09. The number of anilines is 2. The summed E-state index contributed by atoms with van der Waals surface area (Å²) in [7, 11) is 0. The van der Waals surface area contributed by atoms with E-state index in [1.165, 1.54) is 11.1 Å². The van der Waals surface area contributed by atoms with Crippen LogP contribution in [0.5, 0.6) is 0 Å². The van der Waals surface area contributed by atoms with E-state index >= 15 is 0 Å². The largest absolute Gasteiger partial charge is 0.331 e. The van der Waals surface area contributed by atoms with Crippen LogP contribution in [0.1, 0.15) is 18.1 Å². The van der Waals surface area contributed by atoms with Crippen molar-refractivity contribution < 1.29 is 0 Å². The number of nitrogens with one attached hydrogen (secondary N) is 2. The van der Waals surface area contributed by atoms with Gasteiger partial charge in [-0.05, 0) is 62.8 Å². The van der Waals surface area contributed by atoms with Gasteiger partial charge >= 0.3 is 0 Å². The van der Waals surface area contributed by atoms with E-state index in [1.807, 2.05) is 17.1 Å². The summed E-state index contributed by atoms with van der Waals surface area (Å²) in [5.41, 5.74) is 7.76. The van der Waals surface area contributed by atoms with E-state index in [4.69, 9.17) is 12.2 Å². The molecule has 0 fully saturated rings. The van der Waals surface area contributed by atoms with Crippen LogP contribution in [0.25, 0.3) is 0 Å². The number of hydrogen-bond acceptors (Lipinski definition) is 2. The van der Waals surface area contributed by atoms with Gasteiger partial charge in [0.05, 0.1) is 5.69 Å². The Morgan fingerprint density at radius 2 is 1.76 bits per heavy atom. The zero-order valence-electron chi connectivity index (χ0n) is 12.7. The maximum Gasteiger partial charge on any atom is 0.189 e. The van der Waals surface area contributed by atoms with Crippen molar-refractivity contribution in [3.63, 3.8) is 0 Å². The monoisotopic (exact) mass is 299 g/mol. The third kappa shape index (κ3) is 4.46.